The normalized spacial score (nSPS) is 12.4. The smallest absolute Gasteiger partial charge is 0.240 e. The third kappa shape index (κ3) is 5.62. The molecule has 156 valence electrons. The summed E-state index contributed by atoms with van der Waals surface area (Å²) in [6.45, 7) is 6.03. The molecule has 1 amide bonds. The van der Waals surface area contributed by atoms with Crippen LogP contribution in [0.2, 0.25) is 0 Å². The molecular formula is C21H28BrN5O2. The summed E-state index contributed by atoms with van der Waals surface area (Å²) >= 11 is 3.46. The average molecular weight is 462 g/mol. The maximum absolute atomic E-state index is 12.5. The molecule has 0 saturated carbocycles. The largest absolute Gasteiger partial charge is 0.374 e. The van der Waals surface area contributed by atoms with Gasteiger partial charge in [0.2, 0.25) is 5.91 Å². The molecule has 3 N–H and O–H groups in total. The number of amides is 1. The van der Waals surface area contributed by atoms with Gasteiger partial charge in [-0.1, -0.05) is 31.7 Å². The Kier molecular flexibility index (Phi) is 7.51. The monoisotopic (exact) mass is 461 g/mol. The summed E-state index contributed by atoms with van der Waals surface area (Å²) in [6, 6.07) is 11.3. The predicted octanol–water partition coefficient (Wildman–Crippen LogP) is 3.55. The Labute approximate surface area is 179 Å². The van der Waals surface area contributed by atoms with E-state index in [1.54, 1.807) is 13.8 Å². The summed E-state index contributed by atoms with van der Waals surface area (Å²) in [6.07, 6.45) is 1.86. The quantitative estimate of drug-likeness (QED) is 0.560. The second-order valence-electron chi connectivity index (χ2n) is 7.32. The molecule has 2 heterocycles. The molecule has 0 aliphatic rings. The third-order valence-electron chi connectivity index (χ3n) is 4.40. The topological polar surface area (TPSA) is 94.5 Å². The van der Waals surface area contributed by atoms with Gasteiger partial charge in [0.25, 0.3) is 0 Å². The second-order valence-corrected chi connectivity index (χ2v) is 8.24. The molecule has 3 aromatic rings. The molecule has 2 aromatic heterocycles. The van der Waals surface area contributed by atoms with Gasteiger partial charge in [-0.15, -0.1) is 10.2 Å². The molecule has 1 aromatic carbocycles. The maximum atomic E-state index is 12.5. The van der Waals surface area contributed by atoms with Crippen LogP contribution in [0.3, 0.4) is 0 Å². The zero-order valence-electron chi connectivity index (χ0n) is 16.1. The molecule has 0 saturated heterocycles. The van der Waals surface area contributed by atoms with E-state index in [1.807, 2.05) is 53.9 Å². The van der Waals surface area contributed by atoms with E-state index in [0.717, 1.165) is 15.6 Å². The van der Waals surface area contributed by atoms with Gasteiger partial charge in [-0.25, -0.2) is 0 Å². The minimum atomic E-state index is -1.02. The lowest BCUT2D eigenvalue weighted by molar-refractivity contribution is -0.126. The third-order valence-corrected chi connectivity index (χ3v) is 4.87. The zero-order valence-corrected chi connectivity index (χ0v) is 17.7. The Bertz CT molecular complexity index is 981. The van der Waals surface area contributed by atoms with Gasteiger partial charge in [-0.3, -0.25) is 9.20 Å². The summed E-state index contributed by atoms with van der Waals surface area (Å²) < 4.78 is 8.64. The van der Waals surface area contributed by atoms with Crippen LogP contribution >= 0.6 is 15.9 Å². The van der Waals surface area contributed by atoms with Gasteiger partial charge in [0.05, 0.1) is 18.8 Å². The SMILES string of the molecule is C.Cc1ccccc1COC[C@@H](NC(=O)C(C)(C)N)c1nnc2ccc(Br)cn12. The first kappa shape index (κ1) is 23.0. The van der Waals surface area contributed by atoms with E-state index in [1.165, 1.54) is 0 Å². The van der Waals surface area contributed by atoms with E-state index in [-0.39, 0.29) is 19.9 Å². The molecule has 29 heavy (non-hydrogen) atoms. The molecule has 0 radical (unpaired) electrons. The van der Waals surface area contributed by atoms with Crippen molar-refractivity contribution in [3.63, 3.8) is 0 Å². The summed E-state index contributed by atoms with van der Waals surface area (Å²) in [5.74, 6) is 0.294. The van der Waals surface area contributed by atoms with Gasteiger partial charge in [0, 0.05) is 10.7 Å². The number of ether oxygens (including phenoxy) is 1. The lowest BCUT2D eigenvalue weighted by atomic mass is 10.1. The Hall–Kier alpha value is -2.29. The molecule has 0 bridgehead atoms. The molecule has 7 nitrogen and oxygen atoms in total. The maximum Gasteiger partial charge on any atom is 0.240 e. The van der Waals surface area contributed by atoms with Crippen LogP contribution in [-0.4, -0.2) is 32.7 Å². The fourth-order valence-electron chi connectivity index (χ4n) is 2.70. The highest BCUT2D eigenvalue weighted by atomic mass is 79.9. The van der Waals surface area contributed by atoms with Gasteiger partial charge in [0.1, 0.15) is 6.04 Å². The van der Waals surface area contributed by atoms with E-state index < -0.39 is 11.6 Å². The van der Waals surface area contributed by atoms with Crippen molar-refractivity contribution >= 4 is 27.5 Å². The van der Waals surface area contributed by atoms with E-state index in [2.05, 4.69) is 31.4 Å². The lowest BCUT2D eigenvalue weighted by Crippen LogP contribution is -2.50. The molecule has 0 unspecified atom stereocenters. The first-order valence-corrected chi connectivity index (χ1v) is 9.77. The van der Waals surface area contributed by atoms with Crippen molar-refractivity contribution in [1.82, 2.24) is 19.9 Å². The number of rotatable bonds is 7. The van der Waals surface area contributed by atoms with Gasteiger partial charge < -0.3 is 15.8 Å². The van der Waals surface area contributed by atoms with Gasteiger partial charge >= 0.3 is 0 Å². The summed E-state index contributed by atoms with van der Waals surface area (Å²) in [5.41, 5.74) is 7.87. The fourth-order valence-corrected chi connectivity index (χ4v) is 3.04. The number of aryl methyl sites for hydroxylation is 1. The minimum Gasteiger partial charge on any atom is -0.374 e. The molecule has 0 spiro atoms. The zero-order chi connectivity index (χ0) is 20.3. The minimum absolute atomic E-state index is 0. The fraction of sp³-hybridized carbons (Fsp3) is 0.381. The Morgan fingerprint density at radius 3 is 2.69 bits per heavy atom. The predicted molar refractivity (Wildman–Crippen MR) is 117 cm³/mol. The molecule has 8 heteroatoms. The average Bonchev–Trinajstić information content (AvgIpc) is 3.04. The summed E-state index contributed by atoms with van der Waals surface area (Å²) in [5, 5.41) is 11.4. The van der Waals surface area contributed by atoms with Crippen LogP contribution in [0.25, 0.3) is 5.65 Å². The molecule has 3 rings (SSSR count). The number of hydrogen-bond donors (Lipinski definition) is 2. The highest BCUT2D eigenvalue weighted by Crippen LogP contribution is 2.19. The highest BCUT2D eigenvalue weighted by Gasteiger charge is 2.28. The van der Waals surface area contributed by atoms with E-state index in [9.17, 15) is 4.79 Å². The van der Waals surface area contributed by atoms with Gasteiger partial charge in [0.15, 0.2) is 11.5 Å². The number of halogens is 1. The Balaban J connectivity index is 0.00000300. The van der Waals surface area contributed by atoms with Crippen LogP contribution in [0, 0.1) is 6.92 Å². The Morgan fingerprint density at radius 1 is 1.28 bits per heavy atom. The first-order chi connectivity index (χ1) is 13.3. The molecule has 0 fully saturated rings. The number of pyridine rings is 1. The van der Waals surface area contributed by atoms with Gasteiger partial charge in [-0.2, -0.15) is 0 Å². The number of benzene rings is 1. The summed E-state index contributed by atoms with van der Waals surface area (Å²) in [4.78, 5) is 12.5. The summed E-state index contributed by atoms with van der Waals surface area (Å²) in [7, 11) is 0. The Morgan fingerprint density at radius 2 is 2.00 bits per heavy atom. The van der Waals surface area contributed by atoms with Crippen molar-refractivity contribution in [3.05, 3.63) is 64.0 Å². The van der Waals surface area contributed by atoms with Crippen molar-refractivity contribution in [3.8, 4) is 0 Å². The number of carbonyl (C=O) groups is 1. The number of carbonyl (C=O) groups excluding carboxylic acids is 1. The van der Waals surface area contributed by atoms with Crippen molar-refractivity contribution < 1.29 is 9.53 Å². The van der Waals surface area contributed by atoms with Crippen molar-refractivity contribution in [2.24, 2.45) is 5.73 Å². The number of nitrogens with one attached hydrogen (secondary N) is 1. The number of nitrogens with zero attached hydrogens (tertiary/aromatic N) is 3. The van der Waals surface area contributed by atoms with Crippen LogP contribution in [0.4, 0.5) is 0 Å². The van der Waals surface area contributed by atoms with Crippen molar-refractivity contribution in [2.45, 2.75) is 46.4 Å². The number of nitrogens with two attached hydrogens (primary N) is 1. The first-order valence-electron chi connectivity index (χ1n) is 8.98. The van der Waals surface area contributed by atoms with Crippen molar-refractivity contribution in [2.75, 3.05) is 6.61 Å². The second kappa shape index (κ2) is 9.47. The van der Waals surface area contributed by atoms with E-state index >= 15 is 0 Å². The molecule has 0 aliphatic heterocycles. The molecule has 1 atom stereocenters. The molecular weight excluding hydrogens is 434 g/mol. The molecule has 0 aliphatic carbocycles. The number of aromatic nitrogens is 3. The van der Waals surface area contributed by atoms with Crippen LogP contribution in [0.5, 0.6) is 0 Å². The van der Waals surface area contributed by atoms with Crippen LogP contribution in [0.15, 0.2) is 47.1 Å². The lowest BCUT2D eigenvalue weighted by Gasteiger charge is -2.23. The highest BCUT2D eigenvalue weighted by molar-refractivity contribution is 9.10. The number of hydrogen-bond acceptors (Lipinski definition) is 5. The van der Waals surface area contributed by atoms with Crippen molar-refractivity contribution in [1.29, 1.82) is 0 Å². The van der Waals surface area contributed by atoms with Crippen LogP contribution < -0.4 is 11.1 Å². The van der Waals surface area contributed by atoms with E-state index in [4.69, 9.17) is 10.5 Å². The standard InChI is InChI=1S/C20H24BrN5O2.CH4/c1-13-6-4-5-7-14(13)11-28-12-16(23-19(27)20(2,3)22)18-25-24-17-9-8-15(21)10-26(17)18;/h4-10,16H,11-12,22H2,1-3H3,(H,23,27);1H4/t16-;/m1./s1. The van der Waals surface area contributed by atoms with Crippen LogP contribution in [-0.2, 0) is 16.1 Å². The van der Waals surface area contributed by atoms with Crippen LogP contribution in [0.1, 0.15) is 44.3 Å². The van der Waals surface area contributed by atoms with Gasteiger partial charge in [-0.05, 0) is 60.0 Å². The number of fused-ring (bicyclic) bond motifs is 1. The van der Waals surface area contributed by atoms with E-state index in [0.29, 0.717) is 18.1 Å².